The number of hydrogen-bond donors (Lipinski definition) is 1. The van der Waals surface area contributed by atoms with E-state index in [1.165, 1.54) is 70.6 Å². The molecule has 5 unspecified atom stereocenters. The smallest absolute Gasteiger partial charge is 0.282 e. The Balaban J connectivity index is 1.29. The van der Waals surface area contributed by atoms with Crippen LogP contribution < -0.4 is 0 Å². The molecule has 2 fully saturated rings. The molecule has 156 valence electrons. The molecule has 0 heterocycles. The summed E-state index contributed by atoms with van der Waals surface area (Å²) < 4.78 is 9.79. The van der Waals surface area contributed by atoms with Crippen molar-refractivity contribution in [2.75, 3.05) is 19.8 Å². The lowest BCUT2D eigenvalue weighted by Gasteiger charge is -2.10. The lowest BCUT2D eigenvalue weighted by Crippen LogP contribution is -2.21. The predicted octanol–water partition coefficient (Wildman–Crippen LogP) is 5.44. The van der Waals surface area contributed by atoms with Crippen molar-refractivity contribution >= 4 is 8.05 Å². The summed E-state index contributed by atoms with van der Waals surface area (Å²) in [5.74, 6) is 4.41. The molecule has 5 atom stereocenters. The van der Waals surface area contributed by atoms with Crippen LogP contribution in [0.15, 0.2) is 0 Å². The number of rotatable bonds is 19. The van der Waals surface area contributed by atoms with Crippen molar-refractivity contribution in [3.63, 3.8) is 0 Å². The van der Waals surface area contributed by atoms with Crippen LogP contribution in [0.3, 0.4) is 0 Å². The second-order valence-electron chi connectivity index (χ2n) is 9.22. The summed E-state index contributed by atoms with van der Waals surface area (Å²) in [6, 6.07) is 0. The number of aliphatic hydroxyl groups excluding tert-OH is 1. The summed E-state index contributed by atoms with van der Waals surface area (Å²) in [5.41, 5.74) is 0. The second-order valence-corrected chi connectivity index (χ2v) is 9.22. The van der Waals surface area contributed by atoms with E-state index in [1.54, 1.807) is 12.8 Å². The molecule has 2 radical (unpaired) electrons. The molecule has 2 rings (SSSR count). The lowest BCUT2D eigenvalue weighted by atomic mass is 10.0. The molecular formula is C23H43BO3. The van der Waals surface area contributed by atoms with E-state index >= 15 is 0 Å². The van der Waals surface area contributed by atoms with Crippen LogP contribution in [0.2, 0.25) is 0 Å². The van der Waals surface area contributed by atoms with Crippen LogP contribution in [0.4, 0.5) is 0 Å². The van der Waals surface area contributed by atoms with Crippen LogP contribution in [0.25, 0.3) is 0 Å². The van der Waals surface area contributed by atoms with E-state index < -0.39 is 6.10 Å². The molecule has 2 saturated carbocycles. The van der Waals surface area contributed by atoms with Crippen LogP contribution in [-0.4, -0.2) is 39.1 Å². The number of unbranched alkanes of at least 4 members (excludes halogenated alkanes) is 7. The molecule has 0 amide bonds. The van der Waals surface area contributed by atoms with Gasteiger partial charge in [0.2, 0.25) is 0 Å². The minimum atomic E-state index is -0.604. The number of aliphatic hydroxyl groups is 1. The molecule has 0 bridgehead atoms. The maximum atomic E-state index is 9.40. The highest BCUT2D eigenvalue weighted by Crippen LogP contribution is 2.54. The van der Waals surface area contributed by atoms with Gasteiger partial charge < -0.3 is 14.5 Å². The average molecular weight is 378 g/mol. The second kappa shape index (κ2) is 14.0. The van der Waals surface area contributed by atoms with Gasteiger partial charge in [-0.3, -0.25) is 0 Å². The third kappa shape index (κ3) is 10.9. The van der Waals surface area contributed by atoms with Crippen LogP contribution >= 0.6 is 0 Å². The zero-order valence-corrected chi connectivity index (χ0v) is 17.7. The Kier molecular flexibility index (Phi) is 12.1. The summed E-state index contributed by atoms with van der Waals surface area (Å²) in [6.07, 6.45) is 19.2. The monoisotopic (exact) mass is 378 g/mol. The first-order valence-electron chi connectivity index (χ1n) is 11.8. The van der Waals surface area contributed by atoms with E-state index in [2.05, 4.69) is 11.6 Å². The SMILES string of the molecule is [B]OCC(O)COCCCCCCCCC1CC1CC1CC1CCCCC. The fraction of sp³-hybridized carbons (Fsp3) is 1.00. The topological polar surface area (TPSA) is 38.7 Å². The molecule has 0 aromatic rings. The van der Waals surface area contributed by atoms with Gasteiger partial charge in [-0.2, -0.15) is 0 Å². The minimum Gasteiger partial charge on any atom is -0.445 e. The standard InChI is InChI=1S/C23H43BO3/c1-2-3-8-11-19-14-21(19)16-22-15-20(22)12-9-6-4-5-7-10-13-26-17-23(25)18-27-24/h19-23,25H,2-18H2,1H3. The molecule has 1 N–H and O–H groups in total. The zero-order valence-electron chi connectivity index (χ0n) is 17.7. The fourth-order valence-electron chi connectivity index (χ4n) is 4.65. The summed E-state index contributed by atoms with van der Waals surface area (Å²) in [6.45, 7) is 3.50. The quantitative estimate of drug-likeness (QED) is 0.240. The van der Waals surface area contributed by atoms with E-state index in [-0.39, 0.29) is 6.61 Å². The fourth-order valence-corrected chi connectivity index (χ4v) is 4.65. The largest absolute Gasteiger partial charge is 0.445 e. The van der Waals surface area contributed by atoms with Crippen LogP contribution in [0.1, 0.15) is 96.8 Å². The van der Waals surface area contributed by atoms with Crippen molar-refractivity contribution in [1.82, 2.24) is 0 Å². The summed E-state index contributed by atoms with van der Waals surface area (Å²) >= 11 is 0. The molecule has 0 spiro atoms. The van der Waals surface area contributed by atoms with Crippen molar-refractivity contribution in [3.05, 3.63) is 0 Å². The maximum absolute atomic E-state index is 9.40. The van der Waals surface area contributed by atoms with Crippen LogP contribution in [-0.2, 0) is 9.39 Å². The van der Waals surface area contributed by atoms with Gasteiger partial charge >= 0.3 is 0 Å². The van der Waals surface area contributed by atoms with Gasteiger partial charge in [0, 0.05) is 6.61 Å². The van der Waals surface area contributed by atoms with Crippen molar-refractivity contribution in [2.45, 2.75) is 103 Å². The van der Waals surface area contributed by atoms with Gasteiger partial charge in [0.1, 0.15) is 0 Å². The first-order valence-corrected chi connectivity index (χ1v) is 11.8. The number of hydrogen-bond acceptors (Lipinski definition) is 3. The first kappa shape index (κ1) is 23.2. The number of ether oxygens (including phenoxy) is 1. The van der Waals surface area contributed by atoms with E-state index in [9.17, 15) is 5.11 Å². The summed E-state index contributed by atoms with van der Waals surface area (Å²) in [4.78, 5) is 0. The van der Waals surface area contributed by atoms with Crippen molar-refractivity contribution in [3.8, 4) is 0 Å². The highest BCUT2D eigenvalue weighted by atomic mass is 16.5. The van der Waals surface area contributed by atoms with Gasteiger partial charge in [0.15, 0.2) is 0 Å². The molecule has 2 aliphatic rings. The Morgan fingerprint density at radius 3 is 2.04 bits per heavy atom. The van der Waals surface area contributed by atoms with E-state index in [1.807, 2.05) is 0 Å². The molecule has 27 heavy (non-hydrogen) atoms. The lowest BCUT2D eigenvalue weighted by molar-refractivity contribution is 0.0125. The highest BCUT2D eigenvalue weighted by molar-refractivity contribution is 5.97. The molecule has 0 saturated heterocycles. The summed E-state index contributed by atoms with van der Waals surface area (Å²) in [5, 5.41) is 9.40. The highest BCUT2D eigenvalue weighted by Gasteiger charge is 2.44. The Labute approximate surface area is 169 Å². The Morgan fingerprint density at radius 1 is 0.815 bits per heavy atom. The van der Waals surface area contributed by atoms with Gasteiger partial charge in [0.25, 0.3) is 8.05 Å². The molecule has 0 aromatic carbocycles. The zero-order chi connectivity index (χ0) is 19.3. The molecule has 0 aromatic heterocycles. The molecular weight excluding hydrogens is 335 g/mol. The Morgan fingerprint density at radius 2 is 1.41 bits per heavy atom. The minimum absolute atomic E-state index is 0.141. The first-order chi connectivity index (χ1) is 13.2. The van der Waals surface area contributed by atoms with Gasteiger partial charge in [-0.1, -0.05) is 71.1 Å². The third-order valence-electron chi connectivity index (χ3n) is 6.63. The predicted molar refractivity (Wildman–Crippen MR) is 113 cm³/mol. The third-order valence-corrected chi connectivity index (χ3v) is 6.63. The van der Waals surface area contributed by atoms with Gasteiger partial charge in [0.05, 0.1) is 19.3 Å². The molecule has 4 heteroatoms. The van der Waals surface area contributed by atoms with Crippen molar-refractivity contribution in [1.29, 1.82) is 0 Å². The van der Waals surface area contributed by atoms with E-state index in [0.29, 0.717) is 6.61 Å². The van der Waals surface area contributed by atoms with Crippen LogP contribution in [0.5, 0.6) is 0 Å². The van der Waals surface area contributed by atoms with Crippen molar-refractivity contribution in [2.24, 2.45) is 23.7 Å². The van der Waals surface area contributed by atoms with Gasteiger partial charge in [-0.25, -0.2) is 0 Å². The van der Waals surface area contributed by atoms with Gasteiger partial charge in [-0.15, -0.1) is 0 Å². The molecule has 2 aliphatic carbocycles. The molecule has 3 nitrogen and oxygen atoms in total. The Bertz CT molecular complexity index is 366. The Hall–Kier alpha value is -0.0551. The maximum Gasteiger partial charge on any atom is 0.282 e. The summed E-state index contributed by atoms with van der Waals surface area (Å²) in [7, 11) is 4.90. The molecule has 0 aliphatic heterocycles. The van der Waals surface area contributed by atoms with E-state index in [0.717, 1.165) is 36.7 Å². The van der Waals surface area contributed by atoms with Crippen LogP contribution in [0, 0.1) is 23.7 Å². The van der Waals surface area contributed by atoms with Crippen molar-refractivity contribution < 1.29 is 14.5 Å². The average Bonchev–Trinajstić information content (AvgIpc) is 3.56. The normalized spacial score (nSPS) is 27.6. The van der Waals surface area contributed by atoms with Gasteiger partial charge in [-0.05, 0) is 49.4 Å². The van der Waals surface area contributed by atoms with E-state index in [4.69, 9.17) is 12.8 Å².